The zero-order valence-corrected chi connectivity index (χ0v) is 12.5. The molecule has 0 saturated carbocycles. The molecule has 112 valence electrons. The molecular weight excluding hydrogens is 268 g/mol. The van der Waals surface area contributed by atoms with Gasteiger partial charge < -0.3 is 15.8 Å². The van der Waals surface area contributed by atoms with Crippen LogP contribution in [0, 0.1) is 6.92 Å². The second-order valence-corrected chi connectivity index (χ2v) is 4.82. The minimum atomic E-state index is -0.188. The number of nitrogen functional groups attached to an aromatic ring is 1. The van der Waals surface area contributed by atoms with Crippen LogP contribution in [0.3, 0.4) is 0 Å². The third-order valence-electron chi connectivity index (χ3n) is 3.06. The first-order valence-corrected chi connectivity index (χ1v) is 6.80. The normalized spacial score (nSPS) is 10.4. The van der Waals surface area contributed by atoms with Crippen LogP contribution in [0.25, 0.3) is 0 Å². The maximum Gasteiger partial charge on any atom is 0.251 e. The summed E-state index contributed by atoms with van der Waals surface area (Å²) in [4.78, 5) is 12.2. The van der Waals surface area contributed by atoms with Crippen LogP contribution < -0.4 is 15.8 Å². The lowest BCUT2D eigenvalue weighted by molar-refractivity contribution is 0.0950. The van der Waals surface area contributed by atoms with Crippen LogP contribution in [0.4, 0.5) is 5.69 Å². The summed E-state index contributed by atoms with van der Waals surface area (Å²) in [5.41, 5.74) is 8.67. The zero-order chi connectivity index (χ0) is 15.4. The van der Waals surface area contributed by atoms with Crippen molar-refractivity contribution in [1.29, 1.82) is 0 Å². The quantitative estimate of drug-likeness (QED) is 0.819. The Kier molecular flexibility index (Phi) is 4.47. The number of hydrogen-bond donors (Lipinski definition) is 2. The van der Waals surface area contributed by atoms with E-state index in [9.17, 15) is 4.79 Å². The maximum absolute atomic E-state index is 12.2. The number of benzene rings is 1. The van der Waals surface area contributed by atoms with Gasteiger partial charge in [0.15, 0.2) is 0 Å². The predicted octanol–water partition coefficient (Wildman–Crippen LogP) is 1.64. The van der Waals surface area contributed by atoms with Crippen LogP contribution in [0.2, 0.25) is 0 Å². The Bertz CT molecular complexity index is 649. The molecule has 1 heterocycles. The fourth-order valence-corrected chi connectivity index (χ4v) is 2.10. The summed E-state index contributed by atoms with van der Waals surface area (Å²) in [6.45, 7) is 4.75. The third-order valence-corrected chi connectivity index (χ3v) is 3.06. The van der Waals surface area contributed by atoms with Crippen molar-refractivity contribution < 1.29 is 9.53 Å². The van der Waals surface area contributed by atoms with Gasteiger partial charge in [0.25, 0.3) is 5.91 Å². The minimum absolute atomic E-state index is 0.188. The molecule has 3 N–H and O–H groups in total. The second-order valence-electron chi connectivity index (χ2n) is 4.82. The highest BCUT2D eigenvalue weighted by Gasteiger charge is 2.10. The van der Waals surface area contributed by atoms with E-state index in [1.165, 1.54) is 0 Å². The van der Waals surface area contributed by atoms with Gasteiger partial charge in [0, 0.05) is 42.7 Å². The molecule has 21 heavy (non-hydrogen) atoms. The Balaban J connectivity index is 2.08. The number of nitrogens with zero attached hydrogens (tertiary/aromatic N) is 2. The van der Waals surface area contributed by atoms with Gasteiger partial charge in [-0.15, -0.1) is 0 Å². The van der Waals surface area contributed by atoms with E-state index in [1.54, 1.807) is 22.9 Å². The number of nitrogens with two attached hydrogens (primary N) is 1. The molecule has 0 aliphatic carbocycles. The molecule has 0 radical (unpaired) electrons. The van der Waals surface area contributed by atoms with Crippen molar-refractivity contribution in [2.75, 3.05) is 12.3 Å². The molecule has 0 saturated heterocycles. The number of hydrogen-bond acceptors (Lipinski definition) is 4. The Labute approximate surface area is 123 Å². The van der Waals surface area contributed by atoms with Crippen LogP contribution in [0.5, 0.6) is 5.75 Å². The third kappa shape index (κ3) is 3.75. The monoisotopic (exact) mass is 288 g/mol. The first-order valence-electron chi connectivity index (χ1n) is 6.80. The molecule has 0 fully saturated rings. The van der Waals surface area contributed by atoms with Crippen molar-refractivity contribution in [1.82, 2.24) is 15.1 Å². The van der Waals surface area contributed by atoms with Crippen LogP contribution in [0.1, 0.15) is 28.5 Å². The number of anilines is 1. The number of aryl methyl sites for hydroxylation is 2. The fraction of sp³-hybridized carbons (Fsp3) is 0.333. The van der Waals surface area contributed by atoms with Gasteiger partial charge >= 0.3 is 0 Å². The first kappa shape index (κ1) is 14.9. The molecule has 0 unspecified atom stereocenters. The first-order chi connectivity index (χ1) is 9.99. The highest BCUT2D eigenvalue weighted by Crippen LogP contribution is 2.19. The van der Waals surface area contributed by atoms with Gasteiger partial charge in [-0.1, -0.05) is 0 Å². The van der Waals surface area contributed by atoms with Gasteiger partial charge in [0.1, 0.15) is 5.75 Å². The molecule has 0 aliphatic rings. The summed E-state index contributed by atoms with van der Waals surface area (Å²) in [5.74, 6) is 0.409. The summed E-state index contributed by atoms with van der Waals surface area (Å²) in [5, 5.41) is 7.10. The molecule has 0 atom stereocenters. The number of aromatic nitrogens is 2. The van der Waals surface area contributed by atoms with E-state index in [0.717, 1.165) is 11.3 Å². The lowest BCUT2D eigenvalue weighted by atomic mass is 10.1. The summed E-state index contributed by atoms with van der Waals surface area (Å²) in [6.07, 6.45) is 1.89. The SMILES string of the molecule is CCOc1cc(N)cc(C(=O)NCc2cn(C)nc2C)c1. The molecule has 2 aromatic rings. The molecule has 2 rings (SSSR count). The van der Waals surface area contributed by atoms with Crippen LogP contribution in [-0.2, 0) is 13.6 Å². The van der Waals surface area contributed by atoms with Gasteiger partial charge in [0.2, 0.25) is 0 Å². The Morgan fingerprint density at radius 2 is 2.19 bits per heavy atom. The minimum Gasteiger partial charge on any atom is -0.494 e. The molecule has 6 heteroatoms. The van der Waals surface area contributed by atoms with Gasteiger partial charge in [-0.3, -0.25) is 9.48 Å². The van der Waals surface area contributed by atoms with E-state index in [4.69, 9.17) is 10.5 Å². The number of nitrogens with one attached hydrogen (secondary N) is 1. The van der Waals surface area contributed by atoms with E-state index in [2.05, 4.69) is 10.4 Å². The topological polar surface area (TPSA) is 82.2 Å². The van der Waals surface area contributed by atoms with Gasteiger partial charge in [-0.05, 0) is 26.0 Å². The maximum atomic E-state index is 12.2. The number of carbonyl (C=O) groups is 1. The molecule has 6 nitrogen and oxygen atoms in total. The van der Waals surface area contributed by atoms with Crippen LogP contribution in [-0.4, -0.2) is 22.3 Å². The number of rotatable bonds is 5. The van der Waals surface area contributed by atoms with Gasteiger partial charge in [0.05, 0.1) is 12.3 Å². The average molecular weight is 288 g/mol. The molecule has 0 aliphatic heterocycles. The van der Waals surface area contributed by atoms with Gasteiger partial charge in [-0.25, -0.2) is 0 Å². The molecule has 0 spiro atoms. The number of carbonyl (C=O) groups excluding carboxylic acids is 1. The molecule has 1 amide bonds. The Morgan fingerprint density at radius 3 is 2.81 bits per heavy atom. The highest BCUT2D eigenvalue weighted by molar-refractivity contribution is 5.95. The summed E-state index contributed by atoms with van der Waals surface area (Å²) in [6, 6.07) is 5.02. The Morgan fingerprint density at radius 1 is 1.43 bits per heavy atom. The van der Waals surface area contributed by atoms with Crippen molar-refractivity contribution in [2.45, 2.75) is 20.4 Å². The molecule has 1 aromatic heterocycles. The lowest BCUT2D eigenvalue weighted by Crippen LogP contribution is -2.23. The van der Waals surface area contributed by atoms with E-state index in [0.29, 0.717) is 30.2 Å². The van der Waals surface area contributed by atoms with Crippen molar-refractivity contribution in [2.24, 2.45) is 7.05 Å². The second kappa shape index (κ2) is 6.30. The van der Waals surface area contributed by atoms with Gasteiger partial charge in [-0.2, -0.15) is 5.10 Å². The smallest absolute Gasteiger partial charge is 0.251 e. The Hall–Kier alpha value is -2.50. The predicted molar refractivity (Wildman–Crippen MR) is 81.1 cm³/mol. The van der Waals surface area contributed by atoms with E-state index >= 15 is 0 Å². The molecule has 1 aromatic carbocycles. The summed E-state index contributed by atoms with van der Waals surface area (Å²) in [7, 11) is 1.85. The van der Waals surface area contributed by atoms with Crippen molar-refractivity contribution in [3.05, 3.63) is 41.2 Å². The van der Waals surface area contributed by atoms with Crippen LogP contribution in [0.15, 0.2) is 24.4 Å². The lowest BCUT2D eigenvalue weighted by Gasteiger charge is -2.09. The fourth-order valence-electron chi connectivity index (χ4n) is 2.10. The number of ether oxygens (including phenoxy) is 1. The summed E-state index contributed by atoms with van der Waals surface area (Å²) < 4.78 is 7.12. The summed E-state index contributed by atoms with van der Waals surface area (Å²) >= 11 is 0. The van der Waals surface area contributed by atoms with E-state index in [1.807, 2.05) is 27.1 Å². The van der Waals surface area contributed by atoms with E-state index < -0.39 is 0 Å². The van der Waals surface area contributed by atoms with Crippen LogP contribution >= 0.6 is 0 Å². The average Bonchev–Trinajstić information content (AvgIpc) is 2.74. The largest absolute Gasteiger partial charge is 0.494 e. The molecular formula is C15H20N4O2. The van der Waals surface area contributed by atoms with Crippen molar-refractivity contribution in [3.8, 4) is 5.75 Å². The zero-order valence-electron chi connectivity index (χ0n) is 12.5. The van der Waals surface area contributed by atoms with Crippen molar-refractivity contribution in [3.63, 3.8) is 0 Å². The van der Waals surface area contributed by atoms with Crippen molar-refractivity contribution >= 4 is 11.6 Å². The highest BCUT2D eigenvalue weighted by atomic mass is 16.5. The standard InChI is InChI=1S/C15H20N4O2/c1-4-21-14-6-11(5-13(16)7-14)15(20)17-8-12-9-19(3)18-10(12)2/h5-7,9H,4,8,16H2,1-3H3,(H,17,20). The molecule has 0 bridgehead atoms. The van der Waals surface area contributed by atoms with E-state index in [-0.39, 0.29) is 5.91 Å². The number of amides is 1.